The smallest absolute Gasteiger partial charge is 0.0814 e. The maximum Gasteiger partial charge on any atom is 0.0814 e. The molecule has 0 aliphatic carbocycles. The fraction of sp³-hybridized carbons (Fsp3) is 0.417. The Morgan fingerprint density at radius 3 is 2.47 bits per heavy atom. The van der Waals surface area contributed by atoms with Crippen LogP contribution in [0.25, 0.3) is 0 Å². The lowest BCUT2D eigenvalue weighted by Crippen LogP contribution is -2.34. The van der Waals surface area contributed by atoms with Crippen molar-refractivity contribution in [1.29, 1.82) is 5.26 Å². The molecule has 2 unspecified atom stereocenters. The monoisotopic (exact) mass is 223 g/mol. The summed E-state index contributed by atoms with van der Waals surface area (Å²) in [5.41, 5.74) is -0.0192. The van der Waals surface area contributed by atoms with Gasteiger partial charge in [-0.05, 0) is 31.5 Å². The standard InChI is InChI=1S/C12H14ClNO/c1-9(8-14)12(2,15)7-10-3-5-11(13)6-4-10/h3-6,9,15H,7H2,1-2H3. The van der Waals surface area contributed by atoms with E-state index in [0.29, 0.717) is 11.4 Å². The second-order valence-electron chi connectivity index (χ2n) is 4.01. The van der Waals surface area contributed by atoms with E-state index in [-0.39, 0.29) is 0 Å². The summed E-state index contributed by atoms with van der Waals surface area (Å²) < 4.78 is 0. The molecule has 80 valence electrons. The first-order valence-electron chi connectivity index (χ1n) is 4.82. The fourth-order valence-electron chi connectivity index (χ4n) is 1.31. The highest BCUT2D eigenvalue weighted by atomic mass is 35.5. The molecule has 0 radical (unpaired) electrons. The molecule has 0 aliphatic heterocycles. The summed E-state index contributed by atoms with van der Waals surface area (Å²) in [5.74, 6) is -0.395. The van der Waals surface area contributed by atoms with Gasteiger partial charge in [0, 0.05) is 11.4 Å². The summed E-state index contributed by atoms with van der Waals surface area (Å²) in [6.07, 6.45) is 0.457. The summed E-state index contributed by atoms with van der Waals surface area (Å²) in [6, 6.07) is 9.35. The van der Waals surface area contributed by atoms with Crippen LogP contribution in [0.4, 0.5) is 0 Å². The predicted molar refractivity (Wildman–Crippen MR) is 60.6 cm³/mol. The topological polar surface area (TPSA) is 44.0 Å². The van der Waals surface area contributed by atoms with Crippen LogP contribution in [-0.4, -0.2) is 10.7 Å². The molecule has 2 atom stereocenters. The predicted octanol–water partition coefficient (Wildman–Crippen LogP) is 2.79. The highest BCUT2D eigenvalue weighted by Crippen LogP contribution is 2.22. The second-order valence-corrected chi connectivity index (χ2v) is 4.45. The van der Waals surface area contributed by atoms with Gasteiger partial charge in [0.05, 0.1) is 17.6 Å². The molecule has 0 aliphatic rings. The molecule has 1 N–H and O–H groups in total. The van der Waals surface area contributed by atoms with E-state index in [2.05, 4.69) is 6.07 Å². The fourth-order valence-corrected chi connectivity index (χ4v) is 1.43. The molecule has 1 rings (SSSR count). The zero-order chi connectivity index (χ0) is 11.5. The number of benzene rings is 1. The van der Waals surface area contributed by atoms with Crippen molar-refractivity contribution in [3.05, 3.63) is 34.9 Å². The minimum atomic E-state index is -0.997. The highest BCUT2D eigenvalue weighted by Gasteiger charge is 2.28. The number of rotatable bonds is 3. The van der Waals surface area contributed by atoms with E-state index in [1.54, 1.807) is 26.0 Å². The molecule has 0 fully saturated rings. The number of nitriles is 1. The molecule has 3 heteroatoms. The van der Waals surface area contributed by atoms with Crippen molar-refractivity contribution >= 4 is 11.6 Å². The van der Waals surface area contributed by atoms with Crippen molar-refractivity contribution in [2.45, 2.75) is 25.9 Å². The van der Waals surface area contributed by atoms with Crippen molar-refractivity contribution in [2.75, 3.05) is 0 Å². The lowest BCUT2D eigenvalue weighted by atomic mass is 9.86. The van der Waals surface area contributed by atoms with Crippen molar-refractivity contribution in [1.82, 2.24) is 0 Å². The zero-order valence-electron chi connectivity index (χ0n) is 8.87. The molecular formula is C12H14ClNO. The maximum atomic E-state index is 10.1. The Hall–Kier alpha value is -1.04. The van der Waals surface area contributed by atoms with Crippen molar-refractivity contribution in [3.63, 3.8) is 0 Å². The SMILES string of the molecule is CC(C#N)C(C)(O)Cc1ccc(Cl)cc1. The molecule has 1 aromatic rings. The Labute approximate surface area is 95.1 Å². The van der Waals surface area contributed by atoms with Crippen LogP contribution >= 0.6 is 11.6 Å². The van der Waals surface area contributed by atoms with Crippen LogP contribution in [0.3, 0.4) is 0 Å². The number of aliphatic hydroxyl groups is 1. The summed E-state index contributed by atoms with van der Waals surface area (Å²) in [4.78, 5) is 0. The van der Waals surface area contributed by atoms with Gasteiger partial charge >= 0.3 is 0 Å². The summed E-state index contributed by atoms with van der Waals surface area (Å²) in [6.45, 7) is 3.39. The first-order chi connectivity index (χ1) is 6.95. The Kier molecular flexibility index (Phi) is 3.73. The second kappa shape index (κ2) is 4.65. The Morgan fingerprint density at radius 2 is 2.00 bits per heavy atom. The lowest BCUT2D eigenvalue weighted by Gasteiger charge is -2.25. The Balaban J connectivity index is 2.78. The van der Waals surface area contributed by atoms with E-state index in [1.165, 1.54) is 0 Å². The van der Waals surface area contributed by atoms with Gasteiger partial charge in [-0.2, -0.15) is 5.26 Å². The Morgan fingerprint density at radius 1 is 1.47 bits per heavy atom. The van der Waals surface area contributed by atoms with Crippen LogP contribution in [0.15, 0.2) is 24.3 Å². The van der Waals surface area contributed by atoms with Gasteiger partial charge in [-0.1, -0.05) is 23.7 Å². The molecule has 0 aromatic heterocycles. The third-order valence-electron chi connectivity index (χ3n) is 2.60. The quantitative estimate of drug-likeness (QED) is 0.857. The van der Waals surface area contributed by atoms with E-state index < -0.39 is 11.5 Å². The third-order valence-corrected chi connectivity index (χ3v) is 2.85. The van der Waals surface area contributed by atoms with Crippen LogP contribution < -0.4 is 0 Å². The van der Waals surface area contributed by atoms with Gasteiger partial charge in [0.15, 0.2) is 0 Å². The van der Waals surface area contributed by atoms with Crippen LogP contribution in [-0.2, 0) is 6.42 Å². The maximum absolute atomic E-state index is 10.1. The minimum absolute atomic E-state index is 0.395. The zero-order valence-corrected chi connectivity index (χ0v) is 9.62. The Bertz CT molecular complexity index is 364. The molecule has 0 bridgehead atoms. The number of nitrogens with zero attached hydrogens (tertiary/aromatic N) is 1. The van der Waals surface area contributed by atoms with Gasteiger partial charge in [0.1, 0.15) is 0 Å². The average molecular weight is 224 g/mol. The number of halogens is 1. The molecule has 0 saturated heterocycles. The number of hydrogen-bond acceptors (Lipinski definition) is 2. The molecule has 1 aromatic carbocycles. The lowest BCUT2D eigenvalue weighted by molar-refractivity contribution is 0.0277. The molecular weight excluding hydrogens is 210 g/mol. The van der Waals surface area contributed by atoms with Gasteiger partial charge in [0.25, 0.3) is 0 Å². The molecule has 0 amide bonds. The molecule has 2 nitrogen and oxygen atoms in total. The van der Waals surface area contributed by atoms with E-state index in [1.807, 2.05) is 12.1 Å². The normalized spacial score (nSPS) is 16.5. The van der Waals surface area contributed by atoms with Crippen LogP contribution in [0.1, 0.15) is 19.4 Å². The summed E-state index contributed by atoms with van der Waals surface area (Å²) in [5, 5.41) is 19.5. The van der Waals surface area contributed by atoms with Crippen LogP contribution in [0, 0.1) is 17.2 Å². The van der Waals surface area contributed by atoms with Gasteiger partial charge < -0.3 is 5.11 Å². The molecule has 0 saturated carbocycles. The van der Waals surface area contributed by atoms with E-state index in [4.69, 9.17) is 16.9 Å². The van der Waals surface area contributed by atoms with E-state index >= 15 is 0 Å². The van der Waals surface area contributed by atoms with Crippen LogP contribution in [0.2, 0.25) is 5.02 Å². The average Bonchev–Trinajstić information content (AvgIpc) is 2.20. The molecule has 0 heterocycles. The van der Waals surface area contributed by atoms with Gasteiger partial charge in [-0.3, -0.25) is 0 Å². The van der Waals surface area contributed by atoms with Crippen LogP contribution in [0.5, 0.6) is 0 Å². The van der Waals surface area contributed by atoms with E-state index in [9.17, 15) is 5.11 Å². The first-order valence-corrected chi connectivity index (χ1v) is 5.20. The van der Waals surface area contributed by atoms with Crippen molar-refractivity contribution < 1.29 is 5.11 Å². The highest BCUT2D eigenvalue weighted by molar-refractivity contribution is 6.30. The molecule has 15 heavy (non-hydrogen) atoms. The molecule has 0 spiro atoms. The summed E-state index contributed by atoms with van der Waals surface area (Å²) >= 11 is 5.76. The largest absolute Gasteiger partial charge is 0.388 e. The van der Waals surface area contributed by atoms with Crippen molar-refractivity contribution in [2.24, 2.45) is 5.92 Å². The minimum Gasteiger partial charge on any atom is -0.388 e. The van der Waals surface area contributed by atoms with Gasteiger partial charge in [-0.25, -0.2) is 0 Å². The van der Waals surface area contributed by atoms with E-state index in [0.717, 1.165) is 5.56 Å². The van der Waals surface area contributed by atoms with Crippen molar-refractivity contribution in [3.8, 4) is 6.07 Å². The van der Waals surface area contributed by atoms with Gasteiger partial charge in [0.2, 0.25) is 0 Å². The van der Waals surface area contributed by atoms with Gasteiger partial charge in [-0.15, -0.1) is 0 Å². The summed E-state index contributed by atoms with van der Waals surface area (Å²) in [7, 11) is 0. The first kappa shape index (κ1) is 12.0. The number of hydrogen-bond donors (Lipinski definition) is 1. The third kappa shape index (κ3) is 3.23.